The fraction of sp³-hybridized carbons (Fsp3) is 0.636. The van der Waals surface area contributed by atoms with Crippen LogP contribution in [0.4, 0.5) is 11.8 Å². The van der Waals surface area contributed by atoms with E-state index in [2.05, 4.69) is 27.5 Å². The fourth-order valence-electron chi connectivity index (χ4n) is 1.18. The van der Waals surface area contributed by atoms with Crippen LogP contribution < -0.4 is 10.6 Å². The molecule has 5 nitrogen and oxygen atoms in total. The van der Waals surface area contributed by atoms with E-state index in [-0.39, 0.29) is 0 Å². The van der Waals surface area contributed by atoms with Crippen LogP contribution >= 0.6 is 0 Å². The molecule has 1 rings (SSSR count). The summed E-state index contributed by atoms with van der Waals surface area (Å²) >= 11 is 0. The van der Waals surface area contributed by atoms with Gasteiger partial charge in [-0.1, -0.05) is 13.3 Å². The number of hydrogen-bond acceptors (Lipinski definition) is 5. The molecule has 5 heteroatoms. The van der Waals surface area contributed by atoms with Crippen molar-refractivity contribution in [2.24, 2.45) is 0 Å². The zero-order valence-electron chi connectivity index (χ0n) is 9.99. The first-order valence-electron chi connectivity index (χ1n) is 5.69. The van der Waals surface area contributed by atoms with Gasteiger partial charge in [0.25, 0.3) is 0 Å². The van der Waals surface area contributed by atoms with Crippen molar-refractivity contribution < 1.29 is 4.74 Å². The quantitative estimate of drug-likeness (QED) is 0.659. The van der Waals surface area contributed by atoms with E-state index < -0.39 is 0 Å². The summed E-state index contributed by atoms with van der Waals surface area (Å²) in [5.41, 5.74) is 0. The molecule has 0 fully saturated rings. The molecule has 16 heavy (non-hydrogen) atoms. The summed E-state index contributed by atoms with van der Waals surface area (Å²) in [6.07, 6.45) is 4.02. The van der Waals surface area contributed by atoms with Gasteiger partial charge in [-0.3, -0.25) is 0 Å². The van der Waals surface area contributed by atoms with Crippen LogP contribution in [0.3, 0.4) is 0 Å². The Morgan fingerprint density at radius 1 is 1.38 bits per heavy atom. The van der Waals surface area contributed by atoms with Crippen LogP contribution in [0, 0.1) is 0 Å². The first-order chi connectivity index (χ1) is 7.86. The van der Waals surface area contributed by atoms with Gasteiger partial charge in [0, 0.05) is 26.4 Å². The van der Waals surface area contributed by atoms with E-state index in [1.165, 1.54) is 6.42 Å². The van der Waals surface area contributed by atoms with E-state index in [0.717, 1.165) is 25.4 Å². The van der Waals surface area contributed by atoms with Gasteiger partial charge >= 0.3 is 0 Å². The summed E-state index contributed by atoms with van der Waals surface area (Å²) < 4.78 is 5.43. The van der Waals surface area contributed by atoms with Crippen molar-refractivity contribution in [2.75, 3.05) is 37.4 Å². The molecule has 0 amide bonds. The van der Waals surface area contributed by atoms with Crippen LogP contribution in [-0.2, 0) is 4.74 Å². The number of anilines is 2. The summed E-state index contributed by atoms with van der Waals surface area (Å²) in [5.74, 6) is 1.44. The summed E-state index contributed by atoms with van der Waals surface area (Å²) in [6, 6.07) is 1.84. The van der Waals surface area contributed by atoms with E-state index in [0.29, 0.717) is 12.6 Å². The van der Waals surface area contributed by atoms with Crippen molar-refractivity contribution in [3.63, 3.8) is 0 Å². The largest absolute Gasteiger partial charge is 0.380 e. The molecule has 0 aromatic carbocycles. The summed E-state index contributed by atoms with van der Waals surface area (Å²) in [6.45, 7) is 4.47. The predicted molar refractivity (Wildman–Crippen MR) is 65.8 cm³/mol. The molecule has 0 aliphatic heterocycles. The minimum atomic E-state index is 0.622. The van der Waals surface area contributed by atoms with Crippen molar-refractivity contribution in [3.05, 3.63) is 12.3 Å². The van der Waals surface area contributed by atoms with E-state index >= 15 is 0 Å². The second-order valence-electron chi connectivity index (χ2n) is 3.41. The van der Waals surface area contributed by atoms with Gasteiger partial charge in [0.15, 0.2) is 0 Å². The van der Waals surface area contributed by atoms with E-state index in [9.17, 15) is 0 Å². The summed E-state index contributed by atoms with van der Waals surface area (Å²) in [5, 5.41) is 6.07. The third kappa shape index (κ3) is 4.93. The van der Waals surface area contributed by atoms with Crippen LogP contribution in [0.2, 0.25) is 0 Å². The smallest absolute Gasteiger partial charge is 0.224 e. The lowest BCUT2D eigenvalue weighted by Gasteiger charge is -2.07. The molecule has 0 bridgehead atoms. The first-order valence-corrected chi connectivity index (χ1v) is 5.69. The van der Waals surface area contributed by atoms with Gasteiger partial charge < -0.3 is 15.4 Å². The Bertz CT molecular complexity index is 293. The van der Waals surface area contributed by atoms with Crippen molar-refractivity contribution in [1.82, 2.24) is 9.97 Å². The van der Waals surface area contributed by atoms with E-state index in [1.54, 1.807) is 13.2 Å². The number of rotatable bonds is 8. The minimum absolute atomic E-state index is 0.622. The van der Waals surface area contributed by atoms with E-state index in [4.69, 9.17) is 4.74 Å². The average molecular weight is 224 g/mol. The van der Waals surface area contributed by atoms with Crippen LogP contribution in [0.15, 0.2) is 12.3 Å². The fourth-order valence-corrected chi connectivity index (χ4v) is 1.18. The highest BCUT2D eigenvalue weighted by atomic mass is 16.5. The lowest BCUT2D eigenvalue weighted by molar-refractivity contribution is 0.141. The topological polar surface area (TPSA) is 59.1 Å². The Balaban J connectivity index is 2.16. The molecule has 0 spiro atoms. The molecular formula is C11H20N4O. The van der Waals surface area contributed by atoms with Gasteiger partial charge in [0.05, 0.1) is 6.61 Å². The zero-order chi connectivity index (χ0) is 11.6. The average Bonchev–Trinajstić information content (AvgIpc) is 2.34. The molecule has 0 aliphatic rings. The molecular weight excluding hydrogens is 204 g/mol. The molecule has 1 aromatic rings. The van der Waals surface area contributed by atoms with Gasteiger partial charge in [-0.25, -0.2) is 4.98 Å². The number of hydrogen-bond donors (Lipinski definition) is 2. The maximum atomic E-state index is 5.43. The van der Waals surface area contributed by atoms with Gasteiger partial charge in [-0.05, 0) is 12.5 Å². The maximum Gasteiger partial charge on any atom is 0.224 e. The van der Waals surface area contributed by atoms with Gasteiger partial charge in [0.2, 0.25) is 5.95 Å². The Morgan fingerprint density at radius 3 is 3.00 bits per heavy atom. The predicted octanol–water partition coefficient (Wildman–Crippen LogP) is 1.75. The first kappa shape index (κ1) is 12.7. The highest BCUT2D eigenvalue weighted by molar-refractivity contribution is 5.38. The van der Waals surface area contributed by atoms with Gasteiger partial charge in [0.1, 0.15) is 5.82 Å². The number of nitrogens with one attached hydrogen (secondary N) is 2. The molecule has 0 atom stereocenters. The Hall–Kier alpha value is -1.36. The van der Waals surface area contributed by atoms with Crippen molar-refractivity contribution >= 4 is 11.8 Å². The standard InChI is InChI=1S/C11H20N4O/c1-3-4-8-16-9-7-13-10-5-6-14-11(12-2)15-10/h5-6H,3-4,7-9H2,1-2H3,(H2,12,13,14,15). The van der Waals surface area contributed by atoms with Crippen molar-refractivity contribution in [3.8, 4) is 0 Å². The van der Waals surface area contributed by atoms with Crippen molar-refractivity contribution in [1.29, 1.82) is 0 Å². The molecule has 0 aliphatic carbocycles. The molecule has 2 N–H and O–H groups in total. The summed E-state index contributed by atoms with van der Waals surface area (Å²) in [7, 11) is 1.80. The molecule has 1 aromatic heterocycles. The minimum Gasteiger partial charge on any atom is -0.380 e. The lowest BCUT2D eigenvalue weighted by Crippen LogP contribution is -2.11. The van der Waals surface area contributed by atoms with Gasteiger partial charge in [-0.15, -0.1) is 0 Å². The number of ether oxygens (including phenoxy) is 1. The lowest BCUT2D eigenvalue weighted by atomic mass is 10.4. The molecule has 0 unspecified atom stereocenters. The number of unbranched alkanes of at least 4 members (excludes halogenated alkanes) is 1. The highest BCUT2D eigenvalue weighted by Gasteiger charge is 1.95. The third-order valence-electron chi connectivity index (χ3n) is 2.07. The third-order valence-corrected chi connectivity index (χ3v) is 2.07. The van der Waals surface area contributed by atoms with Crippen LogP contribution in [0.25, 0.3) is 0 Å². The monoisotopic (exact) mass is 224 g/mol. The Kier molecular flexibility index (Phi) is 6.25. The molecule has 1 heterocycles. The van der Waals surface area contributed by atoms with Crippen molar-refractivity contribution in [2.45, 2.75) is 19.8 Å². The second kappa shape index (κ2) is 7.87. The molecule has 0 saturated carbocycles. The second-order valence-corrected chi connectivity index (χ2v) is 3.41. The summed E-state index contributed by atoms with van der Waals surface area (Å²) in [4.78, 5) is 8.27. The maximum absolute atomic E-state index is 5.43. The van der Waals surface area contributed by atoms with Gasteiger partial charge in [-0.2, -0.15) is 4.98 Å². The Morgan fingerprint density at radius 2 is 2.25 bits per heavy atom. The van der Waals surface area contributed by atoms with Crippen LogP contribution in [0.1, 0.15) is 19.8 Å². The molecule has 0 saturated heterocycles. The SMILES string of the molecule is CCCCOCCNc1ccnc(NC)n1. The van der Waals surface area contributed by atoms with E-state index in [1.807, 2.05) is 6.07 Å². The van der Waals surface area contributed by atoms with Crippen LogP contribution in [-0.4, -0.2) is 36.8 Å². The molecule has 0 radical (unpaired) electrons. The molecule has 90 valence electrons. The zero-order valence-corrected chi connectivity index (χ0v) is 9.99. The highest BCUT2D eigenvalue weighted by Crippen LogP contribution is 2.03. The van der Waals surface area contributed by atoms with Crippen LogP contribution in [0.5, 0.6) is 0 Å². The Labute approximate surface area is 96.6 Å². The number of aromatic nitrogens is 2. The normalized spacial score (nSPS) is 10.1. The number of nitrogens with zero attached hydrogens (tertiary/aromatic N) is 2.